The smallest absolute Gasteiger partial charge is 0.211 e. The van der Waals surface area contributed by atoms with Crippen molar-refractivity contribution in [2.24, 2.45) is 0 Å². The Morgan fingerprint density at radius 2 is 2.20 bits per heavy atom. The fourth-order valence-corrected chi connectivity index (χ4v) is 3.51. The Morgan fingerprint density at radius 1 is 1.40 bits per heavy atom. The van der Waals surface area contributed by atoms with E-state index in [1.165, 1.54) is 12.8 Å². The summed E-state index contributed by atoms with van der Waals surface area (Å²) in [5.74, 6) is 0.202. The van der Waals surface area contributed by atoms with E-state index in [-0.39, 0.29) is 11.8 Å². The van der Waals surface area contributed by atoms with Gasteiger partial charge in [0, 0.05) is 31.0 Å². The second kappa shape index (κ2) is 7.19. The van der Waals surface area contributed by atoms with Gasteiger partial charge in [-0.05, 0) is 39.2 Å². The molecule has 2 N–H and O–H groups in total. The third kappa shape index (κ3) is 6.02. The van der Waals surface area contributed by atoms with Gasteiger partial charge in [-0.25, -0.2) is 18.1 Å². The lowest BCUT2D eigenvalue weighted by molar-refractivity contribution is 0.518. The van der Waals surface area contributed by atoms with Gasteiger partial charge in [-0.3, -0.25) is 0 Å². The van der Waals surface area contributed by atoms with Crippen LogP contribution in [0.2, 0.25) is 0 Å². The van der Waals surface area contributed by atoms with Crippen molar-refractivity contribution in [1.29, 1.82) is 0 Å². The Kier molecular flexibility index (Phi) is 5.56. The maximum absolute atomic E-state index is 11.9. The molecule has 1 saturated carbocycles. The molecule has 1 aromatic heterocycles. The van der Waals surface area contributed by atoms with Gasteiger partial charge in [0.15, 0.2) is 0 Å². The van der Waals surface area contributed by atoms with Crippen LogP contribution in [0, 0.1) is 0 Å². The van der Waals surface area contributed by atoms with Crippen molar-refractivity contribution in [3.63, 3.8) is 0 Å². The highest BCUT2D eigenvalue weighted by molar-refractivity contribution is 7.89. The summed E-state index contributed by atoms with van der Waals surface area (Å²) in [6.45, 7) is 3.39. The topological polar surface area (TPSA) is 76.0 Å². The largest absolute Gasteiger partial charge is 0.336 e. The Hall–Kier alpha value is -0.920. The number of rotatable bonds is 10. The van der Waals surface area contributed by atoms with Crippen molar-refractivity contribution in [2.75, 3.05) is 12.3 Å². The molecule has 0 bridgehead atoms. The summed E-state index contributed by atoms with van der Waals surface area (Å²) in [4.78, 5) is 3.94. The van der Waals surface area contributed by atoms with Crippen LogP contribution in [-0.2, 0) is 16.6 Å². The molecule has 0 aliphatic heterocycles. The fourth-order valence-electron chi connectivity index (χ4n) is 2.12. The number of imidazole rings is 1. The number of sulfonamides is 1. The molecule has 1 unspecified atom stereocenters. The summed E-state index contributed by atoms with van der Waals surface area (Å²) in [7, 11) is -3.18. The molecule has 0 saturated heterocycles. The molecule has 7 heteroatoms. The van der Waals surface area contributed by atoms with E-state index in [1.54, 1.807) is 12.5 Å². The van der Waals surface area contributed by atoms with E-state index in [2.05, 4.69) is 15.0 Å². The van der Waals surface area contributed by atoms with Gasteiger partial charge in [-0.2, -0.15) is 0 Å². The first-order chi connectivity index (χ1) is 9.55. The third-order valence-corrected chi connectivity index (χ3v) is 4.86. The monoisotopic (exact) mass is 300 g/mol. The highest BCUT2D eigenvalue weighted by Crippen LogP contribution is 2.18. The van der Waals surface area contributed by atoms with Crippen LogP contribution in [0.4, 0.5) is 0 Å². The minimum absolute atomic E-state index is 0.126. The summed E-state index contributed by atoms with van der Waals surface area (Å²) in [6, 6.07) is 0.568. The first-order valence-electron chi connectivity index (χ1n) is 7.24. The molecule has 1 aromatic rings. The zero-order chi connectivity index (χ0) is 14.4. The molecule has 0 amide bonds. The van der Waals surface area contributed by atoms with Crippen molar-refractivity contribution >= 4 is 10.0 Å². The van der Waals surface area contributed by atoms with E-state index in [4.69, 9.17) is 0 Å². The Morgan fingerprint density at radius 3 is 2.85 bits per heavy atom. The predicted molar refractivity (Wildman–Crippen MR) is 78.9 cm³/mol. The Balaban J connectivity index is 1.61. The lowest BCUT2D eigenvalue weighted by atomic mass is 10.3. The molecule has 6 nitrogen and oxygen atoms in total. The van der Waals surface area contributed by atoms with E-state index in [0.717, 1.165) is 13.0 Å². The summed E-state index contributed by atoms with van der Waals surface area (Å²) >= 11 is 0. The maximum atomic E-state index is 11.9. The van der Waals surface area contributed by atoms with E-state index in [1.807, 2.05) is 17.7 Å². The Bertz CT molecular complexity index is 482. The minimum atomic E-state index is -3.18. The number of aromatic nitrogens is 2. The lowest BCUT2D eigenvalue weighted by Crippen LogP contribution is -2.37. The number of nitrogens with one attached hydrogen (secondary N) is 2. The van der Waals surface area contributed by atoms with Gasteiger partial charge >= 0.3 is 0 Å². The quantitative estimate of drug-likeness (QED) is 0.624. The lowest BCUT2D eigenvalue weighted by Gasteiger charge is -2.14. The molecule has 1 aliphatic carbocycles. The standard InChI is InChI=1S/C13H24N4O2S/c1-12(10-17-8-7-14-11-17)16-20(18,19)9-3-2-6-15-13-4-5-13/h7-8,11-13,15-16H,2-6,9-10H2,1H3. The van der Waals surface area contributed by atoms with Crippen molar-refractivity contribution in [1.82, 2.24) is 19.6 Å². The molecule has 0 aromatic carbocycles. The molecule has 0 radical (unpaired) electrons. The van der Waals surface area contributed by atoms with Gasteiger partial charge in [0.25, 0.3) is 0 Å². The first-order valence-corrected chi connectivity index (χ1v) is 8.89. The van der Waals surface area contributed by atoms with E-state index in [9.17, 15) is 8.42 Å². The molecule has 1 fully saturated rings. The van der Waals surface area contributed by atoms with E-state index in [0.29, 0.717) is 19.0 Å². The number of unbranched alkanes of at least 4 members (excludes halogenated alkanes) is 1. The minimum Gasteiger partial charge on any atom is -0.336 e. The van der Waals surface area contributed by atoms with Crippen LogP contribution in [0.25, 0.3) is 0 Å². The average molecular weight is 300 g/mol. The van der Waals surface area contributed by atoms with Crippen LogP contribution >= 0.6 is 0 Å². The van der Waals surface area contributed by atoms with Gasteiger partial charge in [-0.1, -0.05) is 0 Å². The van der Waals surface area contributed by atoms with Crippen LogP contribution in [0.5, 0.6) is 0 Å². The fraction of sp³-hybridized carbons (Fsp3) is 0.769. The van der Waals surface area contributed by atoms with Crippen LogP contribution < -0.4 is 10.0 Å². The normalized spacial score (nSPS) is 17.2. The third-order valence-electron chi connectivity index (χ3n) is 3.27. The van der Waals surface area contributed by atoms with Gasteiger partial charge in [0.1, 0.15) is 0 Å². The molecular weight excluding hydrogens is 276 g/mol. The molecule has 114 valence electrons. The van der Waals surface area contributed by atoms with Crippen LogP contribution in [0.3, 0.4) is 0 Å². The molecule has 1 atom stereocenters. The van der Waals surface area contributed by atoms with Crippen LogP contribution in [0.1, 0.15) is 32.6 Å². The number of nitrogens with zero attached hydrogens (tertiary/aromatic N) is 2. The SMILES string of the molecule is CC(Cn1ccnc1)NS(=O)(=O)CCCCNC1CC1. The van der Waals surface area contributed by atoms with Gasteiger partial charge in [-0.15, -0.1) is 0 Å². The number of hydrogen-bond acceptors (Lipinski definition) is 4. The molecule has 0 spiro atoms. The van der Waals surface area contributed by atoms with Gasteiger partial charge in [0.2, 0.25) is 10.0 Å². The van der Waals surface area contributed by atoms with Gasteiger partial charge in [0.05, 0.1) is 12.1 Å². The summed E-state index contributed by atoms with van der Waals surface area (Å²) in [5.41, 5.74) is 0. The molecule has 1 aliphatic rings. The summed E-state index contributed by atoms with van der Waals surface area (Å²) < 4.78 is 28.4. The van der Waals surface area contributed by atoms with Crippen LogP contribution in [-0.4, -0.2) is 42.4 Å². The second-order valence-electron chi connectivity index (χ2n) is 5.53. The molecule has 1 heterocycles. The van der Waals surface area contributed by atoms with Crippen molar-refractivity contribution in [2.45, 2.75) is 51.2 Å². The first kappa shape index (κ1) is 15.5. The molecule has 20 heavy (non-hydrogen) atoms. The van der Waals surface area contributed by atoms with Crippen molar-refractivity contribution < 1.29 is 8.42 Å². The summed E-state index contributed by atoms with van der Waals surface area (Å²) in [6.07, 6.45) is 9.36. The zero-order valence-corrected chi connectivity index (χ0v) is 12.8. The highest BCUT2D eigenvalue weighted by Gasteiger charge is 2.19. The molecule has 2 rings (SSSR count). The Labute approximate surface area is 121 Å². The summed E-state index contributed by atoms with van der Waals surface area (Å²) in [5, 5.41) is 3.39. The van der Waals surface area contributed by atoms with Gasteiger partial charge < -0.3 is 9.88 Å². The maximum Gasteiger partial charge on any atom is 0.211 e. The van der Waals surface area contributed by atoms with Crippen LogP contribution in [0.15, 0.2) is 18.7 Å². The second-order valence-corrected chi connectivity index (χ2v) is 7.41. The average Bonchev–Trinajstić information content (AvgIpc) is 3.04. The van der Waals surface area contributed by atoms with Crippen molar-refractivity contribution in [3.8, 4) is 0 Å². The predicted octanol–water partition coefficient (Wildman–Crippen LogP) is 0.723. The highest BCUT2D eigenvalue weighted by atomic mass is 32.2. The van der Waals surface area contributed by atoms with Crippen molar-refractivity contribution in [3.05, 3.63) is 18.7 Å². The van der Waals surface area contributed by atoms with E-state index < -0.39 is 10.0 Å². The van der Waals surface area contributed by atoms with E-state index >= 15 is 0 Å². The number of hydrogen-bond donors (Lipinski definition) is 2. The zero-order valence-electron chi connectivity index (χ0n) is 12.0. The molecular formula is C13H24N4O2S.